The van der Waals surface area contributed by atoms with Gasteiger partial charge in [0, 0.05) is 62.3 Å². The molecule has 4 rings (SSSR count). The van der Waals surface area contributed by atoms with Gasteiger partial charge in [0.2, 0.25) is 0 Å². The number of hydrogen-bond acceptors (Lipinski definition) is 7. The van der Waals surface area contributed by atoms with Gasteiger partial charge in [-0.3, -0.25) is 4.79 Å². The lowest BCUT2D eigenvalue weighted by Gasteiger charge is -2.37. The van der Waals surface area contributed by atoms with E-state index in [0.717, 1.165) is 55.0 Å². The van der Waals surface area contributed by atoms with Crippen LogP contribution in [-0.4, -0.2) is 74.1 Å². The monoisotopic (exact) mass is 508 g/mol. The number of anilines is 2. The highest BCUT2D eigenvalue weighted by Gasteiger charge is 2.21. The first kappa shape index (κ1) is 25.9. The van der Waals surface area contributed by atoms with Crippen molar-refractivity contribution in [2.75, 3.05) is 63.2 Å². The largest absolute Gasteiger partial charge is 0.366 e. The summed E-state index contributed by atoms with van der Waals surface area (Å²) in [6, 6.07) is 16.6. The normalized spacial score (nSPS) is 13.8. The number of likely N-dealkylation sites (N-methyl/N-ethyl adjacent to an activating group) is 1. The lowest BCUT2D eigenvalue weighted by molar-refractivity contribution is 0.0951. The van der Waals surface area contributed by atoms with Gasteiger partial charge in [-0.05, 0) is 50.8 Å². The van der Waals surface area contributed by atoms with Crippen LogP contribution in [0.4, 0.5) is 15.9 Å². The fourth-order valence-corrected chi connectivity index (χ4v) is 4.89. The Morgan fingerprint density at radius 3 is 2.42 bits per heavy atom. The lowest BCUT2D eigenvalue weighted by Crippen LogP contribution is -2.47. The molecule has 1 fully saturated rings. The number of thioether (sulfide) groups is 1. The smallest absolute Gasteiger partial charge is 0.251 e. The number of carbonyl (C=O) groups is 1. The molecular formula is C27H33FN6OS. The number of hydrogen-bond donors (Lipinski definition) is 1. The van der Waals surface area contributed by atoms with Crippen LogP contribution < -0.4 is 15.1 Å². The highest BCUT2D eigenvalue weighted by atomic mass is 32.2. The van der Waals surface area contributed by atoms with E-state index in [4.69, 9.17) is 4.98 Å². The van der Waals surface area contributed by atoms with Crippen molar-refractivity contribution >= 4 is 29.2 Å². The molecule has 0 spiro atoms. The van der Waals surface area contributed by atoms with Gasteiger partial charge in [0.05, 0.1) is 5.69 Å². The summed E-state index contributed by atoms with van der Waals surface area (Å²) in [5.41, 5.74) is 3.34. The Morgan fingerprint density at radius 2 is 1.72 bits per heavy atom. The van der Waals surface area contributed by atoms with Crippen molar-refractivity contribution in [3.8, 4) is 0 Å². The van der Waals surface area contributed by atoms with Crippen molar-refractivity contribution in [1.29, 1.82) is 0 Å². The van der Waals surface area contributed by atoms with Crippen molar-refractivity contribution in [2.24, 2.45) is 0 Å². The summed E-state index contributed by atoms with van der Waals surface area (Å²) in [7, 11) is 3.96. The molecule has 2 aromatic carbocycles. The van der Waals surface area contributed by atoms with Gasteiger partial charge in [-0.2, -0.15) is 0 Å². The molecule has 0 aliphatic carbocycles. The van der Waals surface area contributed by atoms with E-state index in [1.54, 1.807) is 17.8 Å². The standard InChI is InChI=1S/C27H33FN6OS/c1-20-18-25(34-16-14-33(15-17-34)24-7-5-4-6-23(24)28)31-27(30-20)36-19-21-8-10-22(11-9-21)26(35)29-12-13-32(2)3/h4-11,18H,12-17,19H2,1-3H3,(H,29,35). The topological polar surface area (TPSA) is 64.6 Å². The SMILES string of the molecule is Cc1cc(N2CCN(c3ccccc3F)CC2)nc(SCc2ccc(C(=O)NCCN(C)C)cc2)n1. The molecule has 1 aromatic heterocycles. The predicted octanol–water partition coefficient (Wildman–Crippen LogP) is 3.83. The van der Waals surface area contributed by atoms with Gasteiger partial charge in [0.25, 0.3) is 5.91 Å². The quantitative estimate of drug-likeness (QED) is 0.348. The van der Waals surface area contributed by atoms with Gasteiger partial charge >= 0.3 is 0 Å². The van der Waals surface area contributed by atoms with Crippen LogP contribution in [0.3, 0.4) is 0 Å². The number of amides is 1. The summed E-state index contributed by atoms with van der Waals surface area (Å²) in [6.45, 7) is 6.42. The van der Waals surface area contributed by atoms with Crippen LogP contribution in [0.1, 0.15) is 21.6 Å². The number of para-hydroxylation sites is 1. The molecular weight excluding hydrogens is 475 g/mol. The lowest BCUT2D eigenvalue weighted by atomic mass is 10.1. The maximum atomic E-state index is 14.2. The Hall–Kier alpha value is -3.17. The van der Waals surface area contributed by atoms with E-state index < -0.39 is 0 Å². The van der Waals surface area contributed by atoms with Gasteiger partial charge in [-0.15, -0.1) is 0 Å². The average molecular weight is 509 g/mol. The first-order valence-corrected chi connectivity index (χ1v) is 13.1. The molecule has 1 N–H and O–H groups in total. The van der Waals surface area contributed by atoms with Crippen LogP contribution in [0.25, 0.3) is 0 Å². The van der Waals surface area contributed by atoms with E-state index in [1.165, 1.54) is 6.07 Å². The summed E-state index contributed by atoms with van der Waals surface area (Å²) in [5, 5.41) is 3.66. The van der Waals surface area contributed by atoms with Crippen molar-refractivity contribution in [3.63, 3.8) is 0 Å². The molecule has 0 unspecified atom stereocenters. The summed E-state index contributed by atoms with van der Waals surface area (Å²) >= 11 is 1.58. The molecule has 0 bridgehead atoms. The van der Waals surface area contributed by atoms with Gasteiger partial charge in [0.1, 0.15) is 11.6 Å². The molecule has 0 saturated carbocycles. The third-order valence-electron chi connectivity index (χ3n) is 6.05. The number of nitrogens with zero attached hydrogens (tertiary/aromatic N) is 5. The van der Waals surface area contributed by atoms with Crippen LogP contribution in [0.15, 0.2) is 59.8 Å². The summed E-state index contributed by atoms with van der Waals surface area (Å²) < 4.78 is 14.2. The van der Waals surface area contributed by atoms with Gasteiger partial charge < -0.3 is 20.0 Å². The van der Waals surface area contributed by atoms with E-state index in [-0.39, 0.29) is 11.7 Å². The molecule has 1 aliphatic rings. The number of carbonyl (C=O) groups excluding carboxylic acids is 1. The third kappa shape index (κ3) is 6.95. The van der Waals surface area contributed by atoms with E-state index in [0.29, 0.717) is 23.5 Å². The van der Waals surface area contributed by atoms with Gasteiger partial charge in [0.15, 0.2) is 5.16 Å². The second-order valence-corrected chi connectivity index (χ2v) is 10.1. The zero-order chi connectivity index (χ0) is 25.5. The van der Waals surface area contributed by atoms with Crippen molar-refractivity contribution in [1.82, 2.24) is 20.2 Å². The Labute approximate surface area is 216 Å². The molecule has 7 nitrogen and oxygen atoms in total. The second-order valence-electron chi connectivity index (χ2n) is 9.12. The summed E-state index contributed by atoms with van der Waals surface area (Å²) in [4.78, 5) is 28.0. The Balaban J connectivity index is 1.32. The van der Waals surface area contributed by atoms with Crippen LogP contribution in [0.2, 0.25) is 0 Å². The number of aromatic nitrogens is 2. The molecule has 2 heterocycles. The molecule has 36 heavy (non-hydrogen) atoms. The molecule has 1 aliphatic heterocycles. The Kier molecular flexibility index (Phi) is 8.77. The minimum Gasteiger partial charge on any atom is -0.366 e. The minimum absolute atomic E-state index is 0.0576. The van der Waals surface area contributed by atoms with Gasteiger partial charge in [-0.25, -0.2) is 14.4 Å². The molecule has 190 valence electrons. The van der Waals surface area contributed by atoms with Crippen molar-refractivity contribution in [2.45, 2.75) is 17.8 Å². The molecule has 9 heteroatoms. The van der Waals surface area contributed by atoms with Crippen LogP contribution in [0, 0.1) is 12.7 Å². The summed E-state index contributed by atoms with van der Waals surface area (Å²) in [5.74, 6) is 1.38. The molecule has 1 amide bonds. The maximum absolute atomic E-state index is 14.2. The number of aryl methyl sites for hydroxylation is 1. The van der Waals surface area contributed by atoms with Gasteiger partial charge in [-0.1, -0.05) is 36.0 Å². The molecule has 3 aromatic rings. The molecule has 1 saturated heterocycles. The zero-order valence-corrected chi connectivity index (χ0v) is 21.9. The summed E-state index contributed by atoms with van der Waals surface area (Å²) in [6.07, 6.45) is 0. The number of piperazine rings is 1. The fraction of sp³-hybridized carbons (Fsp3) is 0.370. The number of benzene rings is 2. The van der Waals surface area contributed by atoms with E-state index >= 15 is 0 Å². The first-order chi connectivity index (χ1) is 17.4. The van der Waals surface area contributed by atoms with Crippen LogP contribution in [0.5, 0.6) is 0 Å². The first-order valence-electron chi connectivity index (χ1n) is 12.1. The fourth-order valence-electron chi connectivity index (χ4n) is 4.03. The third-order valence-corrected chi connectivity index (χ3v) is 6.96. The average Bonchev–Trinajstić information content (AvgIpc) is 2.87. The Morgan fingerprint density at radius 1 is 1.03 bits per heavy atom. The van der Waals surface area contributed by atoms with Crippen molar-refractivity contribution < 1.29 is 9.18 Å². The highest BCUT2D eigenvalue weighted by Crippen LogP contribution is 2.25. The van der Waals surface area contributed by atoms with E-state index in [2.05, 4.69) is 20.1 Å². The number of rotatable bonds is 9. The molecule has 0 atom stereocenters. The zero-order valence-electron chi connectivity index (χ0n) is 21.1. The number of nitrogens with one attached hydrogen (secondary N) is 1. The minimum atomic E-state index is -0.180. The second kappa shape index (κ2) is 12.2. The maximum Gasteiger partial charge on any atom is 0.251 e. The number of halogens is 1. The predicted molar refractivity (Wildman–Crippen MR) is 144 cm³/mol. The Bertz CT molecular complexity index is 1170. The van der Waals surface area contributed by atoms with Crippen molar-refractivity contribution in [3.05, 3.63) is 77.2 Å². The molecule has 0 radical (unpaired) electrons. The highest BCUT2D eigenvalue weighted by molar-refractivity contribution is 7.98. The van der Waals surface area contributed by atoms with Crippen LogP contribution in [-0.2, 0) is 5.75 Å². The van der Waals surface area contributed by atoms with E-state index in [1.807, 2.05) is 68.4 Å². The van der Waals surface area contributed by atoms with Crippen LogP contribution >= 0.6 is 11.8 Å². The van der Waals surface area contributed by atoms with E-state index in [9.17, 15) is 9.18 Å².